The second-order valence-corrected chi connectivity index (χ2v) is 4.93. The first kappa shape index (κ1) is 13.7. The summed E-state index contributed by atoms with van der Waals surface area (Å²) in [6.45, 7) is 2.71. The Morgan fingerprint density at radius 2 is 1.70 bits per heavy atom. The first-order valence-electron chi connectivity index (χ1n) is 5.74. The Labute approximate surface area is 114 Å². The predicted molar refractivity (Wildman–Crippen MR) is 67.2 cm³/mol. The van der Waals surface area contributed by atoms with Crippen LogP contribution in [-0.4, -0.2) is 39.2 Å². The summed E-state index contributed by atoms with van der Waals surface area (Å²) >= 11 is 0. The molecule has 0 saturated carbocycles. The zero-order valence-electron chi connectivity index (χ0n) is 10.8. The highest BCUT2D eigenvalue weighted by molar-refractivity contribution is 6.23. The standard InChI is InChI=1S/C13H12N2O5/c1-13(2,12(14)20)15-9(16)7-4-3-6(11(18)19)5-8(7)10(15)17/h3-5H,1-2H3,(H2,14,20)(H,18,19). The zero-order valence-corrected chi connectivity index (χ0v) is 10.8. The molecule has 0 saturated heterocycles. The highest BCUT2D eigenvalue weighted by Crippen LogP contribution is 2.30. The number of primary amides is 1. The molecule has 7 heteroatoms. The Kier molecular flexibility index (Phi) is 2.85. The molecule has 0 fully saturated rings. The van der Waals surface area contributed by atoms with Crippen LogP contribution in [0.2, 0.25) is 0 Å². The summed E-state index contributed by atoms with van der Waals surface area (Å²) in [7, 11) is 0. The molecule has 1 aromatic rings. The van der Waals surface area contributed by atoms with Crippen molar-refractivity contribution >= 4 is 23.7 Å². The average molecular weight is 276 g/mol. The van der Waals surface area contributed by atoms with Crippen molar-refractivity contribution in [2.75, 3.05) is 0 Å². The van der Waals surface area contributed by atoms with E-state index in [2.05, 4.69) is 0 Å². The highest BCUT2D eigenvalue weighted by atomic mass is 16.4. The molecule has 1 aliphatic heterocycles. The maximum Gasteiger partial charge on any atom is 0.335 e. The highest BCUT2D eigenvalue weighted by Gasteiger charge is 2.47. The van der Waals surface area contributed by atoms with Crippen molar-refractivity contribution in [2.24, 2.45) is 5.73 Å². The van der Waals surface area contributed by atoms with Crippen LogP contribution in [0, 0.1) is 0 Å². The Balaban J connectivity index is 2.56. The van der Waals surface area contributed by atoms with Gasteiger partial charge in [-0.15, -0.1) is 0 Å². The summed E-state index contributed by atoms with van der Waals surface area (Å²) in [5, 5.41) is 8.90. The van der Waals surface area contributed by atoms with Crippen molar-refractivity contribution in [3.05, 3.63) is 34.9 Å². The van der Waals surface area contributed by atoms with Gasteiger partial charge in [0.1, 0.15) is 5.54 Å². The second-order valence-electron chi connectivity index (χ2n) is 4.93. The molecule has 0 radical (unpaired) electrons. The van der Waals surface area contributed by atoms with Crippen LogP contribution in [0.1, 0.15) is 44.9 Å². The van der Waals surface area contributed by atoms with E-state index in [1.807, 2.05) is 0 Å². The summed E-state index contributed by atoms with van der Waals surface area (Å²) in [4.78, 5) is 47.5. The molecule has 3 amide bonds. The maximum atomic E-state index is 12.2. The quantitative estimate of drug-likeness (QED) is 0.767. The van der Waals surface area contributed by atoms with Crippen LogP contribution < -0.4 is 5.73 Å². The van der Waals surface area contributed by atoms with Crippen LogP contribution in [0.5, 0.6) is 0 Å². The number of amides is 3. The maximum absolute atomic E-state index is 12.2. The van der Waals surface area contributed by atoms with Gasteiger partial charge in [-0.25, -0.2) is 4.79 Å². The number of carboxylic acids is 1. The third-order valence-electron chi connectivity index (χ3n) is 3.30. The minimum Gasteiger partial charge on any atom is -0.478 e. The van der Waals surface area contributed by atoms with Crippen LogP contribution in [0.25, 0.3) is 0 Å². The van der Waals surface area contributed by atoms with Gasteiger partial charge < -0.3 is 10.8 Å². The van der Waals surface area contributed by atoms with Gasteiger partial charge in [-0.2, -0.15) is 0 Å². The fraction of sp³-hybridized carbons (Fsp3) is 0.231. The lowest BCUT2D eigenvalue weighted by molar-refractivity contribution is -0.125. The molecule has 1 aliphatic rings. The largest absolute Gasteiger partial charge is 0.478 e. The number of imide groups is 1. The van der Waals surface area contributed by atoms with E-state index in [1.54, 1.807) is 0 Å². The summed E-state index contributed by atoms with van der Waals surface area (Å²) in [5.41, 5.74) is 3.64. The normalized spacial score (nSPS) is 14.4. The van der Waals surface area contributed by atoms with Gasteiger partial charge in [0.15, 0.2) is 0 Å². The van der Waals surface area contributed by atoms with Crippen molar-refractivity contribution in [3.63, 3.8) is 0 Å². The van der Waals surface area contributed by atoms with Crippen LogP contribution in [0.3, 0.4) is 0 Å². The van der Waals surface area contributed by atoms with Crippen molar-refractivity contribution < 1.29 is 24.3 Å². The van der Waals surface area contributed by atoms with Crippen molar-refractivity contribution in [1.82, 2.24) is 4.90 Å². The van der Waals surface area contributed by atoms with E-state index in [-0.39, 0.29) is 16.7 Å². The van der Waals surface area contributed by atoms with Crippen LogP contribution in [0.4, 0.5) is 0 Å². The topological polar surface area (TPSA) is 118 Å². The Morgan fingerprint density at radius 3 is 2.20 bits per heavy atom. The van der Waals surface area contributed by atoms with Gasteiger partial charge in [0.25, 0.3) is 11.8 Å². The molecule has 0 atom stereocenters. The van der Waals surface area contributed by atoms with E-state index in [1.165, 1.54) is 26.0 Å². The van der Waals surface area contributed by atoms with E-state index in [9.17, 15) is 19.2 Å². The number of carbonyl (C=O) groups is 4. The molecule has 0 aliphatic carbocycles. The lowest BCUT2D eigenvalue weighted by Gasteiger charge is -2.30. The fourth-order valence-electron chi connectivity index (χ4n) is 1.99. The number of hydrogen-bond donors (Lipinski definition) is 2. The van der Waals surface area contributed by atoms with Gasteiger partial charge >= 0.3 is 5.97 Å². The van der Waals surface area contributed by atoms with E-state index < -0.39 is 29.2 Å². The van der Waals surface area contributed by atoms with Gasteiger partial charge in [-0.1, -0.05) is 0 Å². The Bertz CT molecular complexity index is 663. The lowest BCUT2D eigenvalue weighted by Crippen LogP contribution is -2.55. The molecule has 0 aromatic heterocycles. The first-order chi connectivity index (χ1) is 9.17. The van der Waals surface area contributed by atoms with E-state index in [0.29, 0.717) is 0 Å². The Morgan fingerprint density at radius 1 is 1.15 bits per heavy atom. The SMILES string of the molecule is CC(C)(C(N)=O)N1C(=O)c2ccc(C(=O)O)cc2C1=O. The first-order valence-corrected chi connectivity index (χ1v) is 5.74. The summed E-state index contributed by atoms with van der Waals surface area (Å²) < 4.78 is 0. The van der Waals surface area contributed by atoms with Gasteiger partial charge in [-0.3, -0.25) is 19.3 Å². The molecule has 3 N–H and O–H groups in total. The molecule has 7 nitrogen and oxygen atoms in total. The zero-order chi connectivity index (χ0) is 15.2. The van der Waals surface area contributed by atoms with E-state index in [4.69, 9.17) is 10.8 Å². The molecule has 0 unspecified atom stereocenters. The molecule has 20 heavy (non-hydrogen) atoms. The number of rotatable bonds is 3. The van der Waals surface area contributed by atoms with Crippen molar-refractivity contribution in [3.8, 4) is 0 Å². The monoisotopic (exact) mass is 276 g/mol. The molecule has 1 heterocycles. The van der Waals surface area contributed by atoms with E-state index >= 15 is 0 Å². The Hall–Kier alpha value is -2.70. The van der Waals surface area contributed by atoms with Crippen LogP contribution in [0.15, 0.2) is 18.2 Å². The molecule has 0 bridgehead atoms. The smallest absolute Gasteiger partial charge is 0.335 e. The third-order valence-corrected chi connectivity index (χ3v) is 3.30. The van der Waals surface area contributed by atoms with Gasteiger partial charge in [0.2, 0.25) is 5.91 Å². The van der Waals surface area contributed by atoms with Crippen LogP contribution in [-0.2, 0) is 4.79 Å². The minimum absolute atomic E-state index is 0.0378. The number of nitrogens with zero attached hydrogens (tertiary/aromatic N) is 1. The van der Waals surface area contributed by atoms with Gasteiger partial charge in [0.05, 0.1) is 16.7 Å². The molecule has 0 spiro atoms. The lowest BCUT2D eigenvalue weighted by atomic mass is 10.0. The van der Waals surface area contributed by atoms with Crippen LogP contribution >= 0.6 is 0 Å². The summed E-state index contributed by atoms with van der Waals surface area (Å²) in [6, 6.07) is 3.61. The number of benzene rings is 1. The molecule has 1 aromatic carbocycles. The molecular weight excluding hydrogens is 264 g/mol. The molecule has 2 rings (SSSR count). The van der Waals surface area contributed by atoms with Crippen molar-refractivity contribution in [1.29, 1.82) is 0 Å². The number of fused-ring (bicyclic) bond motifs is 1. The summed E-state index contributed by atoms with van der Waals surface area (Å²) in [5.74, 6) is -3.42. The van der Waals surface area contributed by atoms with Gasteiger partial charge in [0, 0.05) is 0 Å². The fourth-order valence-corrected chi connectivity index (χ4v) is 1.99. The number of nitrogens with two attached hydrogens (primary N) is 1. The summed E-state index contributed by atoms with van der Waals surface area (Å²) in [6.07, 6.45) is 0. The van der Waals surface area contributed by atoms with Crippen molar-refractivity contribution in [2.45, 2.75) is 19.4 Å². The number of aromatic carboxylic acids is 1. The predicted octanol–water partition coefficient (Wildman–Crippen LogP) is 0.245. The minimum atomic E-state index is -1.49. The van der Waals surface area contributed by atoms with Gasteiger partial charge in [-0.05, 0) is 32.0 Å². The molecule has 104 valence electrons. The van der Waals surface area contributed by atoms with E-state index in [0.717, 1.165) is 11.0 Å². The second kappa shape index (κ2) is 4.16. The molecular formula is C13H12N2O5. The third kappa shape index (κ3) is 1.75. The number of carboxylic acid groups (broad SMARTS) is 1. The average Bonchev–Trinajstić information content (AvgIpc) is 2.61. The number of hydrogen-bond acceptors (Lipinski definition) is 4. The number of carbonyl (C=O) groups excluding carboxylic acids is 3.